The highest BCUT2D eigenvalue weighted by Crippen LogP contribution is 2.39. The van der Waals surface area contributed by atoms with Crippen molar-refractivity contribution in [3.63, 3.8) is 0 Å². The molecule has 2 heterocycles. The Morgan fingerprint density at radius 2 is 1.48 bits per heavy atom. The first-order valence-corrected chi connectivity index (χ1v) is 13.5. The van der Waals surface area contributed by atoms with Gasteiger partial charge in [-0.05, 0) is 50.1 Å². The lowest BCUT2D eigenvalue weighted by molar-refractivity contribution is -0.137. The number of dihydropyridines is 1. The molecule has 2 aromatic rings. The van der Waals surface area contributed by atoms with Gasteiger partial charge in [-0.2, -0.15) is 0 Å². The van der Waals surface area contributed by atoms with Gasteiger partial charge in [-0.3, -0.25) is 4.90 Å². The maximum atomic E-state index is 12.7. The highest BCUT2D eigenvalue weighted by Gasteiger charge is 2.37. The predicted molar refractivity (Wildman–Crippen MR) is 153 cm³/mol. The number of nitrogens with zero attached hydrogens (tertiary/aromatic N) is 2. The summed E-state index contributed by atoms with van der Waals surface area (Å²) in [6.45, 7) is 9.96. The molecule has 0 aliphatic carbocycles. The first kappa shape index (κ1) is 29.2. The second-order valence-electron chi connectivity index (χ2n) is 10.2. The fourth-order valence-electron chi connectivity index (χ4n) is 5.48. The summed E-state index contributed by atoms with van der Waals surface area (Å²) in [7, 11) is 2.63. The number of hydrogen-bond acceptors (Lipinski definition) is 9. The molecular weight excluding hydrogens is 510 g/mol. The SMILES string of the molecule is COC(=O)C1=C(C)NC(C)=C(C(=O)OC)C1c1ccc(OCC(O)CN2CCN(c3ccccc3C)CC2)cc1. The van der Waals surface area contributed by atoms with Crippen LogP contribution in [0.2, 0.25) is 0 Å². The normalized spacial score (nSPS) is 17.4. The topological polar surface area (TPSA) is 101 Å². The lowest BCUT2D eigenvalue weighted by Crippen LogP contribution is -2.49. The van der Waals surface area contributed by atoms with Crippen LogP contribution in [0.15, 0.2) is 71.1 Å². The van der Waals surface area contributed by atoms with Gasteiger partial charge in [-0.1, -0.05) is 30.3 Å². The molecule has 1 unspecified atom stereocenters. The van der Waals surface area contributed by atoms with Gasteiger partial charge in [0.2, 0.25) is 0 Å². The summed E-state index contributed by atoms with van der Waals surface area (Å²) in [6.07, 6.45) is -0.637. The summed E-state index contributed by atoms with van der Waals surface area (Å²) in [6, 6.07) is 15.6. The van der Waals surface area contributed by atoms with Crippen molar-refractivity contribution in [2.75, 3.05) is 58.5 Å². The van der Waals surface area contributed by atoms with Crippen molar-refractivity contribution in [3.05, 3.63) is 82.2 Å². The van der Waals surface area contributed by atoms with E-state index in [1.54, 1.807) is 26.0 Å². The number of aryl methyl sites for hydroxylation is 1. The van der Waals surface area contributed by atoms with Gasteiger partial charge in [0, 0.05) is 49.8 Å². The Morgan fingerprint density at radius 1 is 0.900 bits per heavy atom. The summed E-state index contributed by atoms with van der Waals surface area (Å²) in [4.78, 5) is 30.0. The number of hydrogen-bond donors (Lipinski definition) is 2. The van der Waals surface area contributed by atoms with Crippen molar-refractivity contribution in [2.24, 2.45) is 0 Å². The van der Waals surface area contributed by atoms with Gasteiger partial charge in [0.15, 0.2) is 0 Å². The van der Waals surface area contributed by atoms with Gasteiger partial charge in [-0.15, -0.1) is 0 Å². The van der Waals surface area contributed by atoms with Crippen LogP contribution in [0.5, 0.6) is 5.75 Å². The molecule has 9 nitrogen and oxygen atoms in total. The average Bonchev–Trinajstić information content (AvgIpc) is 2.96. The first-order valence-electron chi connectivity index (χ1n) is 13.5. The van der Waals surface area contributed by atoms with Gasteiger partial charge in [-0.25, -0.2) is 9.59 Å². The molecule has 0 radical (unpaired) electrons. The molecule has 2 aromatic carbocycles. The van der Waals surface area contributed by atoms with E-state index in [2.05, 4.69) is 46.3 Å². The Balaban J connectivity index is 1.36. The second-order valence-corrected chi connectivity index (χ2v) is 10.2. The number of piperazine rings is 1. The molecule has 214 valence electrons. The van der Waals surface area contributed by atoms with Crippen LogP contribution in [-0.2, 0) is 19.1 Å². The van der Waals surface area contributed by atoms with Crippen LogP contribution in [-0.4, -0.2) is 81.6 Å². The van der Waals surface area contributed by atoms with E-state index in [0.717, 1.165) is 31.7 Å². The Labute approximate surface area is 236 Å². The van der Waals surface area contributed by atoms with Crippen molar-refractivity contribution >= 4 is 17.6 Å². The third-order valence-corrected chi connectivity index (χ3v) is 7.52. The van der Waals surface area contributed by atoms with Crippen molar-refractivity contribution in [2.45, 2.75) is 32.8 Å². The molecule has 0 spiro atoms. The molecule has 2 N–H and O–H groups in total. The van der Waals surface area contributed by atoms with E-state index in [-0.39, 0.29) is 6.61 Å². The van der Waals surface area contributed by atoms with Crippen LogP contribution < -0.4 is 15.0 Å². The van der Waals surface area contributed by atoms with Crippen LogP contribution >= 0.6 is 0 Å². The minimum atomic E-state index is -0.654. The molecule has 2 aliphatic heterocycles. The molecule has 0 saturated carbocycles. The van der Waals surface area contributed by atoms with E-state index in [0.29, 0.717) is 34.8 Å². The van der Waals surface area contributed by atoms with Gasteiger partial charge in [0.1, 0.15) is 18.5 Å². The smallest absolute Gasteiger partial charge is 0.336 e. The summed E-state index contributed by atoms with van der Waals surface area (Å²) < 4.78 is 15.9. The van der Waals surface area contributed by atoms with E-state index in [4.69, 9.17) is 14.2 Å². The van der Waals surface area contributed by atoms with Crippen molar-refractivity contribution in [1.29, 1.82) is 0 Å². The molecule has 2 aliphatic rings. The maximum Gasteiger partial charge on any atom is 0.336 e. The Morgan fingerprint density at radius 3 is 2.02 bits per heavy atom. The van der Waals surface area contributed by atoms with E-state index in [1.165, 1.54) is 25.5 Å². The molecular formula is C31H39N3O6. The number of anilines is 1. The van der Waals surface area contributed by atoms with E-state index in [1.807, 2.05) is 12.1 Å². The lowest BCUT2D eigenvalue weighted by Gasteiger charge is -2.37. The van der Waals surface area contributed by atoms with Gasteiger partial charge in [0.25, 0.3) is 0 Å². The van der Waals surface area contributed by atoms with E-state index in [9.17, 15) is 14.7 Å². The molecule has 1 atom stereocenters. The molecule has 0 amide bonds. The van der Waals surface area contributed by atoms with Gasteiger partial charge in [0.05, 0.1) is 31.3 Å². The predicted octanol–water partition coefficient (Wildman–Crippen LogP) is 3.14. The molecule has 40 heavy (non-hydrogen) atoms. The van der Waals surface area contributed by atoms with Crippen molar-refractivity contribution < 1.29 is 28.9 Å². The quantitative estimate of drug-likeness (QED) is 0.457. The van der Waals surface area contributed by atoms with Crippen LogP contribution in [0, 0.1) is 6.92 Å². The van der Waals surface area contributed by atoms with Gasteiger partial charge >= 0.3 is 11.9 Å². The summed E-state index contributed by atoms with van der Waals surface area (Å²) in [5.41, 5.74) is 5.19. The number of benzene rings is 2. The molecule has 4 rings (SSSR count). The number of esters is 2. The largest absolute Gasteiger partial charge is 0.491 e. The number of rotatable bonds is 9. The number of aliphatic hydroxyl groups is 1. The number of para-hydroxylation sites is 1. The average molecular weight is 550 g/mol. The number of aliphatic hydroxyl groups excluding tert-OH is 1. The number of allylic oxidation sites excluding steroid dienone is 2. The number of carbonyl (C=O) groups is 2. The van der Waals surface area contributed by atoms with E-state index >= 15 is 0 Å². The van der Waals surface area contributed by atoms with Crippen LogP contribution in [0.4, 0.5) is 5.69 Å². The molecule has 1 fully saturated rings. The fourth-order valence-corrected chi connectivity index (χ4v) is 5.48. The number of ether oxygens (including phenoxy) is 3. The maximum absolute atomic E-state index is 12.7. The van der Waals surface area contributed by atoms with Crippen molar-refractivity contribution in [3.8, 4) is 5.75 Å². The first-order chi connectivity index (χ1) is 19.2. The summed E-state index contributed by atoms with van der Waals surface area (Å²) in [5.74, 6) is -1.11. The minimum absolute atomic E-state index is 0.156. The third-order valence-electron chi connectivity index (χ3n) is 7.52. The number of methoxy groups -OCH3 is 2. The Hall–Kier alpha value is -3.82. The highest BCUT2D eigenvalue weighted by atomic mass is 16.5. The standard InChI is InChI=1S/C31H39N3O6/c1-20-8-6-7-9-26(20)34-16-14-33(15-17-34)18-24(35)19-40-25-12-10-23(11-13-25)29-27(30(36)38-4)21(2)32-22(3)28(29)31(37)39-5/h6-13,24,29,32,35H,14-19H2,1-5H3. The number of carbonyl (C=O) groups excluding carboxylic acids is 2. The zero-order valence-corrected chi connectivity index (χ0v) is 23.9. The Bertz CT molecular complexity index is 1240. The number of nitrogens with one attached hydrogen (secondary N) is 1. The lowest BCUT2D eigenvalue weighted by atomic mass is 9.80. The van der Waals surface area contributed by atoms with Crippen LogP contribution in [0.3, 0.4) is 0 Å². The third kappa shape index (κ3) is 6.48. The summed E-state index contributed by atoms with van der Waals surface area (Å²) in [5, 5.41) is 13.7. The number of β-amino-alcohol motifs (C(OH)–C–C–N with tert-alkyl or cyclic N) is 1. The van der Waals surface area contributed by atoms with Gasteiger partial charge < -0.3 is 29.5 Å². The zero-order chi connectivity index (χ0) is 28.8. The molecule has 1 saturated heterocycles. The molecule has 0 aromatic heterocycles. The monoisotopic (exact) mass is 549 g/mol. The van der Waals surface area contributed by atoms with Crippen molar-refractivity contribution in [1.82, 2.24) is 10.2 Å². The second kappa shape index (κ2) is 13.0. The molecule has 0 bridgehead atoms. The zero-order valence-electron chi connectivity index (χ0n) is 23.9. The van der Waals surface area contributed by atoms with Crippen LogP contribution in [0.25, 0.3) is 0 Å². The highest BCUT2D eigenvalue weighted by molar-refractivity contribution is 5.99. The Kier molecular flexibility index (Phi) is 9.50. The molecule has 9 heteroatoms. The van der Waals surface area contributed by atoms with Crippen LogP contribution in [0.1, 0.15) is 30.9 Å². The fraction of sp³-hybridized carbons (Fsp3) is 0.419. The summed E-state index contributed by atoms with van der Waals surface area (Å²) >= 11 is 0. The van der Waals surface area contributed by atoms with E-state index < -0.39 is 24.0 Å². The minimum Gasteiger partial charge on any atom is -0.491 e.